The Kier molecular flexibility index (Phi) is 4.22. The summed E-state index contributed by atoms with van der Waals surface area (Å²) in [6.45, 7) is 8.66. The van der Waals surface area contributed by atoms with Gasteiger partial charge in [-0.3, -0.25) is 0 Å². The second-order valence-corrected chi connectivity index (χ2v) is 7.09. The van der Waals surface area contributed by atoms with Crippen LogP contribution in [0.25, 0.3) is 5.47 Å². The lowest BCUT2D eigenvalue weighted by Crippen LogP contribution is -2.41. The van der Waals surface area contributed by atoms with Crippen LogP contribution in [0.1, 0.15) is 50.0 Å². The first-order valence-electron chi connectivity index (χ1n) is 8.16. The molecule has 0 aromatic heterocycles. The van der Waals surface area contributed by atoms with Crippen molar-refractivity contribution in [3.8, 4) is 5.75 Å². The molecule has 0 bridgehead atoms. The van der Waals surface area contributed by atoms with E-state index in [1.165, 1.54) is 7.11 Å². The molecule has 0 radical (unpaired) electrons. The molecule has 2 aliphatic rings. The van der Waals surface area contributed by atoms with Crippen LogP contribution in [0.4, 0.5) is 0 Å². The molecule has 0 aliphatic carbocycles. The Morgan fingerprint density at radius 3 is 2.46 bits per heavy atom. The third-order valence-corrected chi connectivity index (χ3v) is 4.96. The van der Waals surface area contributed by atoms with E-state index >= 15 is 0 Å². The number of methoxy groups -OCH3 is 1. The number of carbonyl (C=O) groups excluding carboxylic acids is 1. The number of rotatable bonds is 2. The average molecular weight is 330 g/mol. The smallest absolute Gasteiger partial charge is 0.493 e. The lowest BCUT2D eigenvalue weighted by Gasteiger charge is -2.32. The van der Waals surface area contributed by atoms with Crippen molar-refractivity contribution in [2.45, 2.75) is 45.3 Å². The highest BCUT2D eigenvalue weighted by Gasteiger charge is 2.52. The molecule has 2 aliphatic heterocycles. The molecule has 1 aromatic carbocycles. The maximum Gasteiger partial charge on any atom is 0.495 e. The highest BCUT2D eigenvalue weighted by atomic mass is 16.7. The van der Waals surface area contributed by atoms with Crippen molar-refractivity contribution in [1.82, 2.24) is 0 Å². The maximum atomic E-state index is 11.8. The van der Waals surface area contributed by atoms with Gasteiger partial charge in [-0.15, -0.1) is 0 Å². The molecule has 5 nitrogen and oxygen atoms in total. The highest BCUT2D eigenvalue weighted by molar-refractivity contribution is 6.69. The van der Waals surface area contributed by atoms with Gasteiger partial charge in [0.1, 0.15) is 5.75 Å². The van der Waals surface area contributed by atoms with Crippen molar-refractivity contribution >= 4 is 18.6 Å². The molecule has 0 saturated carbocycles. The first-order valence-corrected chi connectivity index (χ1v) is 8.16. The van der Waals surface area contributed by atoms with Gasteiger partial charge in [0.15, 0.2) is 0 Å². The van der Waals surface area contributed by atoms with E-state index in [2.05, 4.69) is 6.08 Å². The molecule has 6 heteroatoms. The van der Waals surface area contributed by atoms with Crippen LogP contribution in [0.2, 0.25) is 0 Å². The van der Waals surface area contributed by atoms with E-state index in [-0.39, 0.29) is 5.97 Å². The molecule has 0 N–H and O–H groups in total. The SMILES string of the molecule is COC(=O)c1ccc2c(c1)OCCC=C2B1OC(C)(C)C(C)(C)O1. The molecule has 0 spiro atoms. The zero-order chi connectivity index (χ0) is 17.5. The summed E-state index contributed by atoms with van der Waals surface area (Å²) in [7, 11) is 0.907. The van der Waals surface area contributed by atoms with Crippen molar-refractivity contribution < 1.29 is 23.6 Å². The number of benzene rings is 1. The maximum absolute atomic E-state index is 11.8. The molecule has 1 saturated heterocycles. The van der Waals surface area contributed by atoms with Gasteiger partial charge in [0.05, 0.1) is 30.5 Å². The fraction of sp³-hybridized carbons (Fsp3) is 0.500. The Hall–Kier alpha value is -1.79. The van der Waals surface area contributed by atoms with E-state index < -0.39 is 18.3 Å². The van der Waals surface area contributed by atoms with E-state index in [0.29, 0.717) is 17.9 Å². The molecule has 1 aromatic rings. The Labute approximate surface area is 143 Å². The summed E-state index contributed by atoms with van der Waals surface area (Å²) in [5, 5.41) is 0. The Bertz CT molecular complexity index is 677. The first-order chi connectivity index (χ1) is 11.2. The quantitative estimate of drug-likeness (QED) is 0.615. The summed E-state index contributed by atoms with van der Waals surface area (Å²) in [5.41, 5.74) is 1.48. The van der Waals surface area contributed by atoms with Crippen LogP contribution < -0.4 is 4.74 Å². The predicted octanol–water partition coefficient (Wildman–Crippen LogP) is 3.27. The molecule has 3 rings (SSSR count). The molecule has 1 fully saturated rings. The predicted molar refractivity (Wildman–Crippen MR) is 92.0 cm³/mol. The molecule has 0 amide bonds. The van der Waals surface area contributed by atoms with Gasteiger partial charge in [-0.25, -0.2) is 4.79 Å². The van der Waals surface area contributed by atoms with Crippen molar-refractivity contribution in [1.29, 1.82) is 0 Å². The molecule has 24 heavy (non-hydrogen) atoms. The van der Waals surface area contributed by atoms with Gasteiger partial charge in [-0.05, 0) is 51.7 Å². The van der Waals surface area contributed by atoms with Gasteiger partial charge in [0.25, 0.3) is 0 Å². The summed E-state index contributed by atoms with van der Waals surface area (Å²) < 4.78 is 22.9. The minimum atomic E-state index is -0.459. The van der Waals surface area contributed by atoms with E-state index in [9.17, 15) is 4.79 Å². The Morgan fingerprint density at radius 1 is 1.17 bits per heavy atom. The number of hydrogen-bond donors (Lipinski definition) is 0. The zero-order valence-corrected chi connectivity index (χ0v) is 14.8. The number of esters is 1. The summed E-state index contributed by atoms with van der Waals surface area (Å²) in [4.78, 5) is 11.8. The molecule has 128 valence electrons. The van der Waals surface area contributed by atoms with Gasteiger partial charge in [-0.2, -0.15) is 0 Å². The Morgan fingerprint density at radius 2 is 1.83 bits per heavy atom. The van der Waals surface area contributed by atoms with Crippen molar-refractivity contribution in [3.63, 3.8) is 0 Å². The van der Waals surface area contributed by atoms with Crippen molar-refractivity contribution in [2.75, 3.05) is 13.7 Å². The van der Waals surface area contributed by atoms with Gasteiger partial charge in [0.2, 0.25) is 0 Å². The molecule has 0 unspecified atom stereocenters. The van der Waals surface area contributed by atoms with Crippen LogP contribution >= 0.6 is 0 Å². The molecular weight excluding hydrogens is 307 g/mol. The molecule has 2 heterocycles. The van der Waals surface area contributed by atoms with Crippen LogP contribution in [0.15, 0.2) is 24.3 Å². The van der Waals surface area contributed by atoms with Gasteiger partial charge < -0.3 is 18.8 Å². The summed E-state index contributed by atoms with van der Waals surface area (Å²) >= 11 is 0. The Balaban J connectivity index is 1.97. The van der Waals surface area contributed by atoms with Crippen molar-refractivity contribution in [3.05, 3.63) is 35.4 Å². The second kappa shape index (κ2) is 5.94. The summed E-state index contributed by atoms with van der Waals surface area (Å²) in [6, 6.07) is 5.31. The van der Waals surface area contributed by atoms with Crippen LogP contribution in [0.3, 0.4) is 0 Å². The minimum Gasteiger partial charge on any atom is -0.493 e. The van der Waals surface area contributed by atoms with E-state index in [4.69, 9.17) is 18.8 Å². The zero-order valence-electron chi connectivity index (χ0n) is 14.8. The third-order valence-electron chi connectivity index (χ3n) is 4.96. The number of ether oxygens (including phenoxy) is 2. The lowest BCUT2D eigenvalue weighted by molar-refractivity contribution is 0.00578. The minimum absolute atomic E-state index is 0.383. The van der Waals surface area contributed by atoms with E-state index in [1.807, 2.05) is 33.8 Å². The van der Waals surface area contributed by atoms with Crippen LogP contribution in [0, 0.1) is 0 Å². The molecular formula is C18H23BO5. The average Bonchev–Trinajstić information content (AvgIpc) is 2.68. The van der Waals surface area contributed by atoms with E-state index in [0.717, 1.165) is 17.5 Å². The molecule has 0 atom stereocenters. The number of fused-ring (bicyclic) bond motifs is 1. The fourth-order valence-corrected chi connectivity index (χ4v) is 2.81. The normalized spacial score (nSPS) is 21.4. The van der Waals surface area contributed by atoms with Gasteiger partial charge in [0, 0.05) is 5.56 Å². The first kappa shape index (κ1) is 17.1. The monoisotopic (exact) mass is 330 g/mol. The largest absolute Gasteiger partial charge is 0.495 e. The highest BCUT2D eigenvalue weighted by Crippen LogP contribution is 2.42. The van der Waals surface area contributed by atoms with Crippen LogP contribution in [0.5, 0.6) is 5.75 Å². The number of hydrogen-bond acceptors (Lipinski definition) is 5. The standard InChI is InChI=1S/C18H23BO5/c1-17(2)18(3,4)24-19(23-17)14-7-6-10-22-15-11-12(16(20)21-5)8-9-13(14)15/h7-9,11H,6,10H2,1-5H3. The van der Waals surface area contributed by atoms with Crippen LogP contribution in [-0.2, 0) is 14.0 Å². The lowest BCUT2D eigenvalue weighted by atomic mass is 9.73. The second-order valence-electron chi connectivity index (χ2n) is 7.09. The fourth-order valence-electron chi connectivity index (χ4n) is 2.81. The van der Waals surface area contributed by atoms with Crippen molar-refractivity contribution in [2.24, 2.45) is 0 Å². The van der Waals surface area contributed by atoms with Gasteiger partial charge >= 0.3 is 13.1 Å². The number of carbonyl (C=O) groups is 1. The summed E-state index contributed by atoms with van der Waals surface area (Å²) in [5.74, 6) is 0.267. The van der Waals surface area contributed by atoms with Gasteiger partial charge in [-0.1, -0.05) is 12.1 Å². The summed E-state index contributed by atoms with van der Waals surface area (Å²) in [6.07, 6.45) is 2.84. The topological polar surface area (TPSA) is 54.0 Å². The van der Waals surface area contributed by atoms with Crippen LogP contribution in [-0.4, -0.2) is 38.0 Å². The third kappa shape index (κ3) is 2.85. The van der Waals surface area contributed by atoms with E-state index in [1.54, 1.807) is 12.1 Å².